The zero-order valence-corrected chi connectivity index (χ0v) is 17.4. The molecule has 0 fully saturated rings. The first-order valence-electron chi connectivity index (χ1n) is 10.1. The van der Waals surface area contributed by atoms with E-state index in [4.69, 9.17) is 9.84 Å². The summed E-state index contributed by atoms with van der Waals surface area (Å²) in [6.45, 7) is 1.33. The van der Waals surface area contributed by atoms with Crippen LogP contribution in [0.4, 0.5) is 0 Å². The average Bonchev–Trinajstić information content (AvgIpc) is 2.76. The van der Waals surface area contributed by atoms with Crippen molar-refractivity contribution in [2.24, 2.45) is 5.92 Å². The molecule has 2 rings (SSSR count). The number of aliphatic hydroxyl groups excluding tert-OH is 2. The fourth-order valence-corrected chi connectivity index (χ4v) is 3.16. The average molecular weight is 409 g/mol. The molecule has 4 atom stereocenters. The molecule has 4 unspecified atom stereocenters. The molecule has 0 saturated carbocycles. The Hall–Kier alpha value is -2.73. The summed E-state index contributed by atoms with van der Waals surface area (Å²) in [5.74, 6) is -1.64. The number of pyridine rings is 1. The van der Waals surface area contributed by atoms with E-state index in [1.54, 1.807) is 26.0 Å². The van der Waals surface area contributed by atoms with Crippen LogP contribution >= 0.6 is 0 Å². The van der Waals surface area contributed by atoms with Crippen molar-refractivity contribution in [3.8, 4) is 6.07 Å². The summed E-state index contributed by atoms with van der Waals surface area (Å²) in [7, 11) is 1.80. The van der Waals surface area contributed by atoms with Gasteiger partial charge in [-0.15, -0.1) is 0 Å². The Morgan fingerprint density at radius 2 is 2.00 bits per heavy atom. The van der Waals surface area contributed by atoms with Gasteiger partial charge in [-0.05, 0) is 23.6 Å². The maximum absolute atomic E-state index is 13.1. The van der Waals surface area contributed by atoms with Crippen molar-refractivity contribution < 1.29 is 19.7 Å². The van der Waals surface area contributed by atoms with Crippen molar-refractivity contribution in [3.05, 3.63) is 59.8 Å². The normalized spacial score (nSPS) is 14.9. The van der Waals surface area contributed by atoms with Gasteiger partial charge in [-0.25, -0.2) is 0 Å². The number of nitriles is 1. The Balaban J connectivity index is 2.27. The van der Waals surface area contributed by atoms with Crippen LogP contribution < -0.4 is 10.9 Å². The molecule has 30 heavy (non-hydrogen) atoms. The molecular weight excluding hydrogens is 381 g/mol. The fourth-order valence-electron chi connectivity index (χ4n) is 3.16. The maximum Gasteiger partial charge on any atom is 0.240 e. The minimum atomic E-state index is -1.17. The Morgan fingerprint density at radius 1 is 1.27 bits per heavy atom. The van der Waals surface area contributed by atoms with Crippen molar-refractivity contribution in [1.82, 2.24) is 10.3 Å². The zero-order valence-electron chi connectivity index (χ0n) is 17.4. The predicted octanol–water partition coefficient (Wildman–Crippen LogP) is 0.548. The lowest BCUT2D eigenvalue weighted by atomic mass is 9.95. The first kappa shape index (κ1) is 23.6. The summed E-state index contributed by atoms with van der Waals surface area (Å²) in [5.41, 5.74) is 2.11. The number of aliphatic hydroxyl groups is 2. The third-order valence-electron chi connectivity index (χ3n) is 4.70. The molecule has 3 N–H and O–H groups in total. The molecule has 0 aliphatic rings. The lowest BCUT2D eigenvalue weighted by Crippen LogP contribution is -2.38. The van der Waals surface area contributed by atoms with Crippen LogP contribution in [0.25, 0.3) is 0 Å². The SMILES string of the molecule is Bc1cccc(C(OCC(O)CO)C(C#N)C(=O)NC(CCC)c2ccccc2)n1. The predicted molar refractivity (Wildman–Crippen MR) is 116 cm³/mol. The second-order valence-electron chi connectivity index (χ2n) is 7.16. The van der Waals surface area contributed by atoms with Crippen LogP contribution in [0.15, 0.2) is 48.5 Å². The molecule has 0 aliphatic carbocycles. The second kappa shape index (κ2) is 12.1. The largest absolute Gasteiger partial charge is 0.394 e. The molecule has 0 saturated heterocycles. The fraction of sp³-hybridized carbons (Fsp3) is 0.409. The van der Waals surface area contributed by atoms with Gasteiger partial charge >= 0.3 is 0 Å². The van der Waals surface area contributed by atoms with Gasteiger partial charge in [0.2, 0.25) is 5.91 Å². The number of hydrogen-bond donors (Lipinski definition) is 3. The lowest BCUT2D eigenvalue weighted by molar-refractivity contribution is -0.130. The summed E-state index contributed by atoms with van der Waals surface area (Å²) in [4.78, 5) is 17.5. The van der Waals surface area contributed by atoms with Gasteiger partial charge in [0.05, 0.1) is 31.0 Å². The van der Waals surface area contributed by atoms with Crippen LogP contribution in [0.2, 0.25) is 0 Å². The van der Waals surface area contributed by atoms with E-state index in [-0.39, 0.29) is 12.6 Å². The van der Waals surface area contributed by atoms with E-state index < -0.39 is 30.6 Å². The topological polar surface area (TPSA) is 115 Å². The number of nitrogens with one attached hydrogen (secondary N) is 1. The van der Waals surface area contributed by atoms with E-state index in [1.807, 2.05) is 43.3 Å². The number of hydrogen-bond acceptors (Lipinski definition) is 6. The third kappa shape index (κ3) is 6.66. The molecule has 8 heteroatoms. The summed E-state index contributed by atoms with van der Waals surface area (Å²) >= 11 is 0. The van der Waals surface area contributed by atoms with E-state index in [0.717, 1.165) is 18.4 Å². The minimum absolute atomic E-state index is 0.223. The van der Waals surface area contributed by atoms with Crippen molar-refractivity contribution >= 4 is 19.3 Å². The Kier molecular flexibility index (Phi) is 9.48. The zero-order chi connectivity index (χ0) is 21.9. The van der Waals surface area contributed by atoms with Gasteiger partial charge in [0.1, 0.15) is 12.2 Å². The highest BCUT2D eigenvalue weighted by molar-refractivity contribution is 6.30. The quantitative estimate of drug-likeness (QED) is 0.467. The number of carbonyl (C=O) groups excluding carboxylic acids is 1. The van der Waals surface area contributed by atoms with Gasteiger partial charge in [-0.2, -0.15) is 5.26 Å². The molecule has 0 spiro atoms. The Morgan fingerprint density at radius 3 is 2.60 bits per heavy atom. The molecule has 0 aliphatic heterocycles. The molecule has 0 radical (unpaired) electrons. The van der Waals surface area contributed by atoms with Crippen molar-refractivity contribution in [2.45, 2.75) is 38.0 Å². The highest BCUT2D eigenvalue weighted by atomic mass is 16.5. The lowest BCUT2D eigenvalue weighted by Gasteiger charge is -2.25. The van der Waals surface area contributed by atoms with Crippen molar-refractivity contribution in [3.63, 3.8) is 0 Å². The van der Waals surface area contributed by atoms with Crippen LogP contribution in [-0.2, 0) is 9.53 Å². The number of ether oxygens (including phenoxy) is 1. The van der Waals surface area contributed by atoms with E-state index in [0.29, 0.717) is 11.3 Å². The number of benzene rings is 1. The number of rotatable bonds is 11. The molecular formula is C22H28BN3O4. The summed E-state index contributed by atoms with van der Waals surface area (Å²) < 4.78 is 5.70. The number of aromatic nitrogens is 1. The van der Waals surface area contributed by atoms with Gasteiger partial charge in [0.25, 0.3) is 0 Å². The number of carbonyl (C=O) groups is 1. The van der Waals surface area contributed by atoms with Gasteiger partial charge in [0.15, 0.2) is 13.8 Å². The van der Waals surface area contributed by atoms with E-state index in [9.17, 15) is 15.2 Å². The van der Waals surface area contributed by atoms with E-state index >= 15 is 0 Å². The van der Waals surface area contributed by atoms with Crippen LogP contribution in [0, 0.1) is 17.2 Å². The Labute approximate surface area is 178 Å². The van der Waals surface area contributed by atoms with Gasteiger partial charge in [-0.3, -0.25) is 9.78 Å². The number of nitrogens with zero attached hydrogens (tertiary/aromatic N) is 2. The van der Waals surface area contributed by atoms with E-state index in [2.05, 4.69) is 10.3 Å². The first-order chi connectivity index (χ1) is 14.5. The van der Waals surface area contributed by atoms with Gasteiger partial charge in [0, 0.05) is 0 Å². The Bertz CT molecular complexity index is 844. The highest BCUT2D eigenvalue weighted by Gasteiger charge is 2.33. The van der Waals surface area contributed by atoms with Crippen molar-refractivity contribution in [2.75, 3.05) is 13.2 Å². The summed E-state index contributed by atoms with van der Waals surface area (Å²) in [6, 6.07) is 16.7. The molecule has 1 heterocycles. The first-order valence-corrected chi connectivity index (χ1v) is 10.1. The highest BCUT2D eigenvalue weighted by Crippen LogP contribution is 2.27. The van der Waals surface area contributed by atoms with Crippen LogP contribution in [0.5, 0.6) is 0 Å². The maximum atomic E-state index is 13.1. The molecule has 1 amide bonds. The molecule has 7 nitrogen and oxygen atoms in total. The monoisotopic (exact) mass is 409 g/mol. The molecule has 158 valence electrons. The summed E-state index contributed by atoms with van der Waals surface area (Å²) in [6.07, 6.45) is -0.504. The van der Waals surface area contributed by atoms with Crippen LogP contribution in [0.3, 0.4) is 0 Å². The van der Waals surface area contributed by atoms with Crippen LogP contribution in [0.1, 0.15) is 43.2 Å². The number of amides is 1. The molecule has 1 aromatic heterocycles. The second-order valence-corrected chi connectivity index (χ2v) is 7.16. The van der Waals surface area contributed by atoms with Crippen molar-refractivity contribution in [1.29, 1.82) is 5.26 Å². The van der Waals surface area contributed by atoms with E-state index in [1.165, 1.54) is 0 Å². The third-order valence-corrected chi connectivity index (χ3v) is 4.70. The smallest absolute Gasteiger partial charge is 0.240 e. The molecule has 2 aromatic rings. The standard InChI is InChI=1S/C22H28BN3O4/c1-2-7-18(15-8-4-3-5-9-15)26-22(29)17(12-24)21(30-14-16(28)13-27)19-10-6-11-20(23)25-19/h3-6,8-11,16-18,21,27-28H,2,7,13-14,23H2,1H3,(H,26,29). The molecule has 1 aromatic carbocycles. The van der Waals surface area contributed by atoms with Crippen LogP contribution in [-0.4, -0.2) is 48.3 Å². The van der Waals surface area contributed by atoms with Gasteiger partial charge in [-0.1, -0.05) is 55.8 Å². The summed E-state index contributed by atoms with van der Waals surface area (Å²) in [5, 5.41) is 31.5. The molecule has 0 bridgehead atoms. The minimum Gasteiger partial charge on any atom is -0.394 e. The van der Waals surface area contributed by atoms with Gasteiger partial charge < -0.3 is 20.3 Å².